The predicted molar refractivity (Wildman–Crippen MR) is 66.3 cm³/mol. The summed E-state index contributed by atoms with van der Waals surface area (Å²) >= 11 is 0. The zero-order valence-electron chi connectivity index (χ0n) is 10.9. The molecular formula is C13H26N2O. The Morgan fingerprint density at radius 3 is 2.38 bits per heavy atom. The van der Waals surface area contributed by atoms with E-state index < -0.39 is 0 Å². The van der Waals surface area contributed by atoms with E-state index in [4.69, 9.17) is 10.5 Å². The molecule has 2 fully saturated rings. The number of hydrogen-bond donors (Lipinski definition) is 1. The van der Waals surface area contributed by atoms with Crippen molar-refractivity contribution < 1.29 is 4.74 Å². The molecule has 0 amide bonds. The van der Waals surface area contributed by atoms with Crippen LogP contribution in [-0.4, -0.2) is 43.3 Å². The first-order chi connectivity index (χ1) is 7.61. The van der Waals surface area contributed by atoms with Gasteiger partial charge in [-0.25, -0.2) is 0 Å². The molecule has 0 bridgehead atoms. The SMILES string of the molecule is COC(C)C(C)(CN)N1CC2CCCC2C1. The van der Waals surface area contributed by atoms with Crippen molar-refractivity contribution in [3.05, 3.63) is 0 Å². The number of fused-ring (bicyclic) bond motifs is 1. The van der Waals surface area contributed by atoms with Gasteiger partial charge in [-0.1, -0.05) is 6.42 Å². The fourth-order valence-electron chi connectivity index (χ4n) is 3.46. The van der Waals surface area contributed by atoms with E-state index in [0.29, 0.717) is 6.54 Å². The molecule has 0 aromatic carbocycles. The minimum atomic E-state index is 0.0130. The van der Waals surface area contributed by atoms with Crippen LogP contribution in [0.15, 0.2) is 0 Å². The van der Waals surface area contributed by atoms with E-state index in [-0.39, 0.29) is 11.6 Å². The fraction of sp³-hybridized carbons (Fsp3) is 1.00. The van der Waals surface area contributed by atoms with E-state index in [2.05, 4.69) is 18.7 Å². The molecule has 0 spiro atoms. The normalized spacial score (nSPS) is 36.0. The van der Waals surface area contributed by atoms with Gasteiger partial charge in [-0.15, -0.1) is 0 Å². The second-order valence-electron chi connectivity index (χ2n) is 5.80. The van der Waals surface area contributed by atoms with E-state index in [0.717, 1.165) is 11.8 Å². The number of nitrogens with zero attached hydrogens (tertiary/aromatic N) is 1. The Hall–Kier alpha value is -0.120. The van der Waals surface area contributed by atoms with Crippen LogP contribution in [0, 0.1) is 11.8 Å². The highest BCUT2D eigenvalue weighted by molar-refractivity contribution is 5.00. The van der Waals surface area contributed by atoms with Gasteiger partial charge in [-0.3, -0.25) is 4.90 Å². The average Bonchev–Trinajstić information content (AvgIpc) is 2.86. The Morgan fingerprint density at radius 2 is 1.94 bits per heavy atom. The van der Waals surface area contributed by atoms with Gasteiger partial charge in [0.2, 0.25) is 0 Å². The Morgan fingerprint density at radius 1 is 1.38 bits per heavy atom. The number of methoxy groups -OCH3 is 1. The Labute approximate surface area is 99.3 Å². The summed E-state index contributed by atoms with van der Waals surface area (Å²) in [5.74, 6) is 1.85. The third-order valence-corrected chi connectivity index (χ3v) is 5.09. The lowest BCUT2D eigenvalue weighted by atomic mass is 9.93. The maximum absolute atomic E-state index is 5.99. The lowest BCUT2D eigenvalue weighted by Gasteiger charge is -2.42. The molecule has 0 radical (unpaired) electrons. The molecular weight excluding hydrogens is 200 g/mol. The molecule has 1 aliphatic carbocycles. The van der Waals surface area contributed by atoms with Crippen LogP contribution in [0.5, 0.6) is 0 Å². The van der Waals surface area contributed by atoms with Crippen molar-refractivity contribution in [3.63, 3.8) is 0 Å². The molecule has 2 N–H and O–H groups in total. The quantitative estimate of drug-likeness (QED) is 0.789. The predicted octanol–water partition coefficient (Wildman–Crippen LogP) is 1.47. The van der Waals surface area contributed by atoms with Crippen LogP contribution in [0.2, 0.25) is 0 Å². The van der Waals surface area contributed by atoms with Gasteiger partial charge >= 0.3 is 0 Å². The third kappa shape index (κ3) is 1.89. The van der Waals surface area contributed by atoms with Crippen LogP contribution >= 0.6 is 0 Å². The van der Waals surface area contributed by atoms with Crippen molar-refractivity contribution in [3.8, 4) is 0 Å². The van der Waals surface area contributed by atoms with Crippen LogP contribution in [0.3, 0.4) is 0 Å². The van der Waals surface area contributed by atoms with Crippen LogP contribution < -0.4 is 5.73 Å². The topological polar surface area (TPSA) is 38.5 Å². The van der Waals surface area contributed by atoms with Crippen LogP contribution in [0.1, 0.15) is 33.1 Å². The fourth-order valence-corrected chi connectivity index (χ4v) is 3.46. The van der Waals surface area contributed by atoms with Crippen molar-refractivity contribution in [2.24, 2.45) is 17.6 Å². The van der Waals surface area contributed by atoms with Gasteiger partial charge in [0.1, 0.15) is 0 Å². The first-order valence-electron chi connectivity index (χ1n) is 6.59. The minimum absolute atomic E-state index is 0.0130. The van der Waals surface area contributed by atoms with E-state index in [1.165, 1.54) is 32.4 Å². The van der Waals surface area contributed by atoms with Crippen molar-refractivity contribution in [1.29, 1.82) is 0 Å². The maximum atomic E-state index is 5.99. The van der Waals surface area contributed by atoms with Crippen molar-refractivity contribution in [2.45, 2.75) is 44.8 Å². The molecule has 1 heterocycles. The van der Waals surface area contributed by atoms with Crippen molar-refractivity contribution in [2.75, 3.05) is 26.7 Å². The molecule has 16 heavy (non-hydrogen) atoms. The first-order valence-corrected chi connectivity index (χ1v) is 6.59. The molecule has 94 valence electrons. The largest absolute Gasteiger partial charge is 0.380 e. The number of ether oxygens (including phenoxy) is 1. The van der Waals surface area contributed by atoms with Gasteiger partial charge in [0.15, 0.2) is 0 Å². The van der Waals surface area contributed by atoms with Gasteiger partial charge in [0, 0.05) is 26.7 Å². The highest BCUT2D eigenvalue weighted by atomic mass is 16.5. The second-order valence-corrected chi connectivity index (χ2v) is 5.80. The summed E-state index contributed by atoms with van der Waals surface area (Å²) < 4.78 is 5.52. The number of rotatable bonds is 4. The molecule has 1 saturated carbocycles. The Kier molecular flexibility index (Phi) is 3.57. The summed E-state index contributed by atoms with van der Waals surface area (Å²) in [6.45, 7) is 7.53. The highest BCUT2D eigenvalue weighted by Crippen LogP contribution is 2.41. The molecule has 4 atom stereocenters. The van der Waals surface area contributed by atoms with E-state index >= 15 is 0 Å². The summed E-state index contributed by atoms with van der Waals surface area (Å²) in [5.41, 5.74) is 6.01. The third-order valence-electron chi connectivity index (χ3n) is 5.09. The average molecular weight is 226 g/mol. The monoisotopic (exact) mass is 226 g/mol. The smallest absolute Gasteiger partial charge is 0.0736 e. The molecule has 0 aromatic heterocycles. The Balaban J connectivity index is 2.06. The van der Waals surface area contributed by atoms with Gasteiger partial charge in [-0.2, -0.15) is 0 Å². The lowest BCUT2D eigenvalue weighted by molar-refractivity contribution is -0.0240. The minimum Gasteiger partial charge on any atom is -0.380 e. The molecule has 0 aromatic rings. The molecule has 4 unspecified atom stereocenters. The first kappa shape index (κ1) is 12.3. The number of likely N-dealkylation sites (tertiary alicyclic amines) is 1. The van der Waals surface area contributed by atoms with Gasteiger partial charge in [-0.05, 0) is 38.5 Å². The Bertz CT molecular complexity index is 234. The molecule has 3 heteroatoms. The van der Waals surface area contributed by atoms with Gasteiger partial charge < -0.3 is 10.5 Å². The second kappa shape index (κ2) is 4.63. The summed E-state index contributed by atoms with van der Waals surface area (Å²) in [5, 5.41) is 0. The summed E-state index contributed by atoms with van der Waals surface area (Å²) in [6, 6.07) is 0. The number of hydrogen-bond acceptors (Lipinski definition) is 3. The lowest BCUT2D eigenvalue weighted by Crippen LogP contribution is -2.58. The molecule has 2 aliphatic rings. The maximum Gasteiger partial charge on any atom is 0.0736 e. The van der Waals surface area contributed by atoms with E-state index in [1.54, 1.807) is 7.11 Å². The standard InChI is InChI=1S/C13H26N2O/c1-10(16-3)13(2,9-14)15-7-11-5-4-6-12(11)8-15/h10-12H,4-9,14H2,1-3H3. The van der Waals surface area contributed by atoms with E-state index in [9.17, 15) is 0 Å². The van der Waals surface area contributed by atoms with Crippen LogP contribution in [0.25, 0.3) is 0 Å². The molecule has 1 aliphatic heterocycles. The summed E-state index contributed by atoms with van der Waals surface area (Å²) in [4.78, 5) is 2.58. The summed E-state index contributed by atoms with van der Waals surface area (Å²) in [6.07, 6.45) is 4.48. The highest BCUT2D eigenvalue weighted by Gasteiger charge is 2.45. The van der Waals surface area contributed by atoms with Gasteiger partial charge in [0.05, 0.1) is 11.6 Å². The molecule has 3 nitrogen and oxygen atoms in total. The van der Waals surface area contributed by atoms with Crippen molar-refractivity contribution >= 4 is 0 Å². The summed E-state index contributed by atoms with van der Waals surface area (Å²) in [7, 11) is 1.79. The van der Waals surface area contributed by atoms with Crippen LogP contribution in [0.4, 0.5) is 0 Å². The van der Waals surface area contributed by atoms with Crippen molar-refractivity contribution in [1.82, 2.24) is 4.90 Å². The van der Waals surface area contributed by atoms with Crippen LogP contribution in [-0.2, 0) is 4.74 Å². The zero-order chi connectivity index (χ0) is 11.8. The zero-order valence-corrected chi connectivity index (χ0v) is 10.9. The van der Waals surface area contributed by atoms with Gasteiger partial charge in [0.25, 0.3) is 0 Å². The molecule has 2 rings (SSSR count). The molecule has 1 saturated heterocycles. The van der Waals surface area contributed by atoms with E-state index in [1.807, 2.05) is 0 Å². The number of nitrogens with two attached hydrogens (primary N) is 1.